The fraction of sp³-hybridized carbons (Fsp3) is 0.316. The number of amides is 1. The van der Waals surface area contributed by atoms with Crippen molar-refractivity contribution >= 4 is 16.9 Å². The van der Waals surface area contributed by atoms with Crippen molar-refractivity contribution in [2.45, 2.75) is 25.3 Å². The van der Waals surface area contributed by atoms with Gasteiger partial charge in [0, 0.05) is 26.0 Å². The van der Waals surface area contributed by atoms with Gasteiger partial charge in [0.15, 0.2) is 0 Å². The lowest BCUT2D eigenvalue weighted by molar-refractivity contribution is 0.0596. The standard InChI is InChI=1S/C19H20N4O/c1-22-16-9-3-2-8-15(16)21-18(22)17-10-4-5-12-23(17)19(24)14-7-6-11-20-13-14/h2-3,6-9,11,13,17H,4-5,10,12H2,1H3/t17-/m0/s1. The molecule has 1 amide bonds. The van der Waals surface area contributed by atoms with Crippen molar-refractivity contribution in [3.63, 3.8) is 0 Å². The lowest BCUT2D eigenvalue weighted by atomic mass is 10.0. The molecule has 24 heavy (non-hydrogen) atoms. The van der Waals surface area contributed by atoms with Crippen LogP contribution in [0.25, 0.3) is 11.0 Å². The molecule has 3 aromatic rings. The van der Waals surface area contributed by atoms with E-state index in [4.69, 9.17) is 4.98 Å². The number of fused-ring (bicyclic) bond motifs is 1. The minimum Gasteiger partial charge on any atom is -0.329 e. The smallest absolute Gasteiger partial charge is 0.256 e. The first kappa shape index (κ1) is 14.9. The summed E-state index contributed by atoms with van der Waals surface area (Å²) in [5.41, 5.74) is 2.73. The molecule has 2 aromatic heterocycles. The van der Waals surface area contributed by atoms with Crippen molar-refractivity contribution in [2.75, 3.05) is 6.54 Å². The molecule has 3 heterocycles. The predicted octanol–water partition coefficient (Wildman–Crippen LogP) is 3.34. The molecule has 5 nitrogen and oxygen atoms in total. The number of imidazole rings is 1. The first-order valence-electron chi connectivity index (χ1n) is 8.38. The molecule has 0 bridgehead atoms. The molecule has 1 saturated heterocycles. The molecule has 1 aromatic carbocycles. The second kappa shape index (κ2) is 6.07. The number of nitrogens with zero attached hydrogens (tertiary/aromatic N) is 4. The molecule has 0 radical (unpaired) electrons. The fourth-order valence-electron chi connectivity index (χ4n) is 3.56. The number of carbonyl (C=O) groups excluding carboxylic acids is 1. The molecule has 122 valence electrons. The number of piperidine rings is 1. The van der Waals surface area contributed by atoms with E-state index >= 15 is 0 Å². The van der Waals surface area contributed by atoms with Gasteiger partial charge in [-0.2, -0.15) is 0 Å². The zero-order valence-corrected chi connectivity index (χ0v) is 13.7. The zero-order chi connectivity index (χ0) is 16.5. The molecule has 0 spiro atoms. The van der Waals surface area contributed by atoms with Crippen molar-refractivity contribution in [1.82, 2.24) is 19.4 Å². The summed E-state index contributed by atoms with van der Waals surface area (Å²) < 4.78 is 2.12. The van der Waals surface area contributed by atoms with Crippen molar-refractivity contribution in [2.24, 2.45) is 7.05 Å². The van der Waals surface area contributed by atoms with E-state index in [9.17, 15) is 4.79 Å². The fourth-order valence-corrected chi connectivity index (χ4v) is 3.56. The first-order valence-corrected chi connectivity index (χ1v) is 8.38. The Bertz CT molecular complexity index is 871. The maximum atomic E-state index is 13.0. The van der Waals surface area contributed by atoms with E-state index < -0.39 is 0 Å². The molecule has 1 aliphatic rings. The van der Waals surface area contributed by atoms with Gasteiger partial charge in [0.25, 0.3) is 5.91 Å². The van der Waals surface area contributed by atoms with Crippen LogP contribution in [0.2, 0.25) is 0 Å². The highest BCUT2D eigenvalue weighted by molar-refractivity contribution is 5.94. The maximum Gasteiger partial charge on any atom is 0.256 e. The normalized spacial score (nSPS) is 18.0. The number of pyridine rings is 1. The van der Waals surface area contributed by atoms with Gasteiger partial charge < -0.3 is 9.47 Å². The number of aryl methyl sites for hydroxylation is 1. The van der Waals surface area contributed by atoms with Crippen LogP contribution < -0.4 is 0 Å². The summed E-state index contributed by atoms with van der Waals surface area (Å²) in [6.45, 7) is 0.765. The van der Waals surface area contributed by atoms with Crippen LogP contribution in [0.15, 0.2) is 48.8 Å². The monoisotopic (exact) mass is 320 g/mol. The number of rotatable bonds is 2. The molecule has 1 atom stereocenters. The number of para-hydroxylation sites is 2. The molecular formula is C19H20N4O. The lowest BCUT2D eigenvalue weighted by Crippen LogP contribution is -2.39. The zero-order valence-electron chi connectivity index (χ0n) is 13.7. The number of hydrogen-bond donors (Lipinski definition) is 0. The average Bonchev–Trinajstić information content (AvgIpc) is 2.99. The minimum atomic E-state index is 0.0175. The van der Waals surface area contributed by atoms with E-state index in [0.29, 0.717) is 5.56 Å². The number of likely N-dealkylation sites (tertiary alicyclic amines) is 1. The Morgan fingerprint density at radius 1 is 1.17 bits per heavy atom. The van der Waals surface area contributed by atoms with E-state index in [1.807, 2.05) is 36.2 Å². The SMILES string of the molecule is Cn1c([C@@H]2CCCCN2C(=O)c2cccnc2)nc2ccccc21. The lowest BCUT2D eigenvalue weighted by Gasteiger charge is -2.35. The van der Waals surface area contributed by atoms with Gasteiger partial charge in [0.2, 0.25) is 0 Å². The molecule has 1 aliphatic heterocycles. The Balaban J connectivity index is 1.74. The summed E-state index contributed by atoms with van der Waals surface area (Å²) >= 11 is 0. The second-order valence-electron chi connectivity index (χ2n) is 6.27. The van der Waals surface area contributed by atoms with Crippen molar-refractivity contribution in [3.8, 4) is 0 Å². The minimum absolute atomic E-state index is 0.0175. The number of benzene rings is 1. The van der Waals surface area contributed by atoms with Crippen molar-refractivity contribution in [3.05, 3.63) is 60.2 Å². The van der Waals surface area contributed by atoms with Crippen LogP contribution >= 0.6 is 0 Å². The Morgan fingerprint density at radius 2 is 2.04 bits per heavy atom. The maximum absolute atomic E-state index is 13.0. The number of hydrogen-bond acceptors (Lipinski definition) is 3. The molecule has 1 fully saturated rings. The van der Waals surface area contributed by atoms with Gasteiger partial charge in [-0.05, 0) is 43.5 Å². The number of aromatic nitrogens is 3. The van der Waals surface area contributed by atoms with Gasteiger partial charge in [0.05, 0.1) is 22.6 Å². The summed E-state index contributed by atoms with van der Waals surface area (Å²) in [6.07, 6.45) is 6.43. The van der Waals surface area contributed by atoms with Gasteiger partial charge in [-0.25, -0.2) is 4.98 Å². The molecule has 4 rings (SSSR count). The highest BCUT2D eigenvalue weighted by Crippen LogP contribution is 2.32. The molecular weight excluding hydrogens is 300 g/mol. The summed E-state index contributed by atoms with van der Waals surface area (Å²) in [7, 11) is 2.03. The van der Waals surface area contributed by atoms with Crippen LogP contribution in [0, 0.1) is 0 Å². The molecule has 0 N–H and O–H groups in total. The van der Waals surface area contributed by atoms with Gasteiger partial charge in [0.1, 0.15) is 5.82 Å². The Labute approximate surface area is 140 Å². The predicted molar refractivity (Wildman–Crippen MR) is 92.6 cm³/mol. The third kappa shape index (κ3) is 2.46. The second-order valence-corrected chi connectivity index (χ2v) is 6.27. The van der Waals surface area contributed by atoms with Crippen LogP contribution in [0.1, 0.15) is 41.5 Å². The van der Waals surface area contributed by atoms with E-state index in [1.54, 1.807) is 18.5 Å². The van der Waals surface area contributed by atoms with Crippen LogP contribution in [-0.4, -0.2) is 31.9 Å². The third-order valence-electron chi connectivity index (χ3n) is 4.79. The quantitative estimate of drug-likeness (QED) is 0.728. The summed E-state index contributed by atoms with van der Waals surface area (Å²) in [6, 6.07) is 11.8. The van der Waals surface area contributed by atoms with Crippen LogP contribution in [0.5, 0.6) is 0 Å². The number of carbonyl (C=O) groups is 1. The average molecular weight is 320 g/mol. The van der Waals surface area contributed by atoms with E-state index in [-0.39, 0.29) is 11.9 Å². The molecule has 0 saturated carbocycles. The first-order chi connectivity index (χ1) is 11.8. The van der Waals surface area contributed by atoms with Crippen LogP contribution in [-0.2, 0) is 7.05 Å². The van der Waals surface area contributed by atoms with Gasteiger partial charge >= 0.3 is 0 Å². The summed E-state index contributed by atoms with van der Waals surface area (Å²) in [5, 5.41) is 0. The van der Waals surface area contributed by atoms with Gasteiger partial charge in [-0.1, -0.05) is 12.1 Å². The van der Waals surface area contributed by atoms with E-state index in [2.05, 4.69) is 15.6 Å². The molecule has 0 unspecified atom stereocenters. The van der Waals surface area contributed by atoms with Gasteiger partial charge in [-0.3, -0.25) is 9.78 Å². The van der Waals surface area contributed by atoms with Crippen molar-refractivity contribution in [1.29, 1.82) is 0 Å². The van der Waals surface area contributed by atoms with Crippen molar-refractivity contribution < 1.29 is 4.79 Å². The third-order valence-corrected chi connectivity index (χ3v) is 4.79. The highest BCUT2D eigenvalue weighted by Gasteiger charge is 2.31. The summed E-state index contributed by atoms with van der Waals surface area (Å²) in [4.78, 5) is 23.8. The Kier molecular flexibility index (Phi) is 3.76. The van der Waals surface area contributed by atoms with Gasteiger partial charge in [-0.15, -0.1) is 0 Å². The molecule has 5 heteroatoms. The van der Waals surface area contributed by atoms with Crippen LogP contribution in [0.4, 0.5) is 0 Å². The highest BCUT2D eigenvalue weighted by atomic mass is 16.2. The van der Waals surface area contributed by atoms with E-state index in [0.717, 1.165) is 42.7 Å². The summed E-state index contributed by atoms with van der Waals surface area (Å²) in [5.74, 6) is 1.01. The Hall–Kier alpha value is -2.69. The van der Waals surface area contributed by atoms with E-state index in [1.165, 1.54) is 0 Å². The Morgan fingerprint density at radius 3 is 2.83 bits per heavy atom. The molecule has 0 aliphatic carbocycles. The largest absolute Gasteiger partial charge is 0.329 e. The topological polar surface area (TPSA) is 51.0 Å². The van der Waals surface area contributed by atoms with Crippen LogP contribution in [0.3, 0.4) is 0 Å².